The van der Waals surface area contributed by atoms with E-state index >= 15 is 0 Å². The normalized spacial score (nSPS) is 12.8. The summed E-state index contributed by atoms with van der Waals surface area (Å²) in [7, 11) is -0.296. The summed E-state index contributed by atoms with van der Waals surface area (Å²) in [6, 6.07) is 7.39. The third kappa shape index (κ3) is 7.83. The predicted octanol–water partition coefficient (Wildman–Crippen LogP) is 1.49. The van der Waals surface area contributed by atoms with Crippen molar-refractivity contribution in [1.29, 1.82) is 0 Å². The van der Waals surface area contributed by atoms with Crippen LogP contribution in [-0.4, -0.2) is 58.5 Å². The molecule has 2 atom stereocenters. The van der Waals surface area contributed by atoms with E-state index in [0.717, 1.165) is 5.56 Å². The van der Waals surface area contributed by atoms with E-state index in [1.807, 2.05) is 12.1 Å². The number of halogens is 1. The van der Waals surface area contributed by atoms with E-state index in [1.165, 1.54) is 25.7 Å². The Hall–Kier alpha value is -2.33. The molecule has 10 heteroatoms. The second kappa shape index (κ2) is 12.4. The summed E-state index contributed by atoms with van der Waals surface area (Å²) < 4.78 is 5.07. The number of aromatic nitrogens is 2. The number of aryl methyl sites for hydroxylation is 1. The quantitative estimate of drug-likeness (QED) is 0.342. The first kappa shape index (κ1) is 23.9. The van der Waals surface area contributed by atoms with Crippen molar-refractivity contribution in [1.82, 2.24) is 15.3 Å². The van der Waals surface area contributed by atoms with Gasteiger partial charge in [0.2, 0.25) is 5.91 Å². The summed E-state index contributed by atoms with van der Waals surface area (Å²) in [6.45, 7) is 0.0108. The lowest BCUT2D eigenvalue weighted by molar-refractivity contribution is -0.127. The largest absolute Gasteiger partial charge is 0.475 e. The highest BCUT2D eigenvalue weighted by molar-refractivity contribution is 6.43. The van der Waals surface area contributed by atoms with E-state index in [0.29, 0.717) is 24.3 Å². The maximum absolute atomic E-state index is 12.7. The van der Waals surface area contributed by atoms with Gasteiger partial charge < -0.3 is 20.1 Å². The molecule has 2 rings (SSSR count). The van der Waals surface area contributed by atoms with Crippen LogP contribution in [-0.2, 0) is 16.0 Å². The minimum absolute atomic E-state index is 0.0108. The summed E-state index contributed by atoms with van der Waals surface area (Å²) >= 11 is 5.87. The first-order valence-corrected chi connectivity index (χ1v) is 9.97. The lowest BCUT2D eigenvalue weighted by Crippen LogP contribution is -2.49. The molecule has 1 heterocycles. The molecule has 0 spiro atoms. The molecule has 1 aromatic carbocycles. The summed E-state index contributed by atoms with van der Waals surface area (Å²) in [5, 5.41) is 22.6. The average Bonchev–Trinajstić information content (AvgIpc) is 2.74. The van der Waals surface area contributed by atoms with E-state index in [-0.39, 0.29) is 24.5 Å². The van der Waals surface area contributed by atoms with Crippen molar-refractivity contribution in [3.8, 4) is 0 Å². The van der Waals surface area contributed by atoms with Crippen LogP contribution in [0.25, 0.3) is 0 Å². The highest BCUT2D eigenvalue weighted by atomic mass is 35.5. The van der Waals surface area contributed by atoms with Gasteiger partial charge >= 0.3 is 7.12 Å². The van der Waals surface area contributed by atoms with Crippen LogP contribution in [0.15, 0.2) is 42.9 Å². The summed E-state index contributed by atoms with van der Waals surface area (Å²) in [5.41, 5.74) is 1.22. The zero-order valence-electron chi connectivity index (χ0n) is 16.7. The molecular weight excluding hydrogens is 409 g/mol. The first-order chi connectivity index (χ1) is 14.4. The second-order valence-corrected chi connectivity index (χ2v) is 7.35. The third-order valence-electron chi connectivity index (χ3n) is 4.60. The molecule has 0 aliphatic carbocycles. The van der Waals surface area contributed by atoms with E-state index in [9.17, 15) is 19.6 Å². The molecule has 0 fully saturated rings. The van der Waals surface area contributed by atoms with Crippen molar-refractivity contribution in [2.45, 2.75) is 31.6 Å². The standard InChI is InChI=1S/C20H25BClN3O5/c1-30-13-15(11-18(26)17-12-23-9-10-24-17)20(27)25-19(21(28)29)4-2-3-14-5-7-16(22)8-6-14/h5-10,12,15,19,28-29H,2-4,11,13H2,1H3,(H,25,27)/t15-,19+/m1/s1. The molecule has 1 aromatic heterocycles. The minimum atomic E-state index is -1.72. The molecule has 0 aliphatic rings. The monoisotopic (exact) mass is 433 g/mol. The van der Waals surface area contributed by atoms with Gasteiger partial charge in [-0.1, -0.05) is 23.7 Å². The number of amides is 1. The molecule has 0 radical (unpaired) electrons. The van der Waals surface area contributed by atoms with Gasteiger partial charge in [-0.3, -0.25) is 14.6 Å². The zero-order chi connectivity index (χ0) is 21.9. The molecule has 1 amide bonds. The molecule has 0 bridgehead atoms. The van der Waals surface area contributed by atoms with Crippen molar-refractivity contribution in [3.63, 3.8) is 0 Å². The Morgan fingerprint density at radius 1 is 1.23 bits per heavy atom. The summed E-state index contributed by atoms with van der Waals surface area (Å²) in [4.78, 5) is 32.8. The fourth-order valence-electron chi connectivity index (χ4n) is 2.97. The van der Waals surface area contributed by atoms with Crippen LogP contribution < -0.4 is 5.32 Å². The molecule has 3 N–H and O–H groups in total. The molecule has 0 saturated heterocycles. The average molecular weight is 434 g/mol. The van der Waals surface area contributed by atoms with Crippen LogP contribution in [0, 0.1) is 5.92 Å². The van der Waals surface area contributed by atoms with E-state index < -0.39 is 24.9 Å². The molecule has 30 heavy (non-hydrogen) atoms. The number of carbonyl (C=O) groups excluding carboxylic acids is 2. The molecule has 2 aromatic rings. The van der Waals surface area contributed by atoms with Crippen molar-refractivity contribution in [3.05, 3.63) is 59.1 Å². The number of rotatable bonds is 12. The van der Waals surface area contributed by atoms with Gasteiger partial charge in [0.15, 0.2) is 5.78 Å². The van der Waals surface area contributed by atoms with Crippen LogP contribution >= 0.6 is 11.6 Å². The highest BCUT2D eigenvalue weighted by Gasteiger charge is 2.29. The van der Waals surface area contributed by atoms with Gasteiger partial charge in [-0.05, 0) is 37.0 Å². The fourth-order valence-corrected chi connectivity index (χ4v) is 3.10. The van der Waals surface area contributed by atoms with Crippen molar-refractivity contribution >= 4 is 30.4 Å². The Balaban J connectivity index is 1.92. The van der Waals surface area contributed by atoms with Gasteiger partial charge in [0, 0.05) is 30.9 Å². The van der Waals surface area contributed by atoms with Crippen LogP contribution in [0.5, 0.6) is 0 Å². The SMILES string of the molecule is COC[C@@H](CC(=O)c1cnccn1)C(=O)N[C@@H](CCCc1ccc(Cl)cc1)B(O)O. The lowest BCUT2D eigenvalue weighted by atomic mass is 9.76. The molecule has 0 saturated carbocycles. The Labute approximate surface area is 180 Å². The number of Topliss-reactive ketones (excluding diaryl/α,β-unsaturated/α-hetero) is 1. The third-order valence-corrected chi connectivity index (χ3v) is 4.85. The number of nitrogens with one attached hydrogen (secondary N) is 1. The zero-order valence-corrected chi connectivity index (χ0v) is 17.5. The van der Waals surface area contributed by atoms with Crippen LogP contribution in [0.2, 0.25) is 5.02 Å². The summed E-state index contributed by atoms with van der Waals surface area (Å²) in [6.07, 6.45) is 5.73. The number of benzene rings is 1. The number of methoxy groups -OCH3 is 1. The van der Waals surface area contributed by atoms with Gasteiger partial charge in [0.05, 0.1) is 24.7 Å². The van der Waals surface area contributed by atoms with Gasteiger partial charge in [-0.15, -0.1) is 0 Å². The van der Waals surface area contributed by atoms with Crippen molar-refractivity contribution in [2.75, 3.05) is 13.7 Å². The first-order valence-electron chi connectivity index (χ1n) is 9.59. The molecule has 160 valence electrons. The van der Waals surface area contributed by atoms with E-state index in [2.05, 4.69) is 15.3 Å². The fraction of sp³-hybridized carbons (Fsp3) is 0.400. The Bertz CT molecular complexity index is 808. The highest BCUT2D eigenvalue weighted by Crippen LogP contribution is 2.14. The lowest BCUT2D eigenvalue weighted by Gasteiger charge is -2.21. The maximum atomic E-state index is 12.7. The maximum Gasteiger partial charge on any atom is 0.475 e. The summed E-state index contributed by atoms with van der Waals surface area (Å²) in [5.74, 6) is -2.49. The number of ketones is 1. The number of hydrogen-bond acceptors (Lipinski definition) is 7. The second-order valence-electron chi connectivity index (χ2n) is 6.92. The Morgan fingerprint density at radius 2 is 1.97 bits per heavy atom. The topological polar surface area (TPSA) is 122 Å². The number of carbonyl (C=O) groups is 2. The van der Waals surface area contributed by atoms with Gasteiger partial charge in [0.1, 0.15) is 5.69 Å². The van der Waals surface area contributed by atoms with E-state index in [1.54, 1.807) is 12.1 Å². The van der Waals surface area contributed by atoms with Gasteiger partial charge in [0.25, 0.3) is 0 Å². The number of hydrogen-bond donors (Lipinski definition) is 3. The Morgan fingerprint density at radius 3 is 2.57 bits per heavy atom. The van der Waals surface area contributed by atoms with Crippen LogP contribution in [0.3, 0.4) is 0 Å². The molecule has 0 aliphatic heterocycles. The molecule has 8 nitrogen and oxygen atoms in total. The minimum Gasteiger partial charge on any atom is -0.426 e. The van der Waals surface area contributed by atoms with Gasteiger partial charge in [-0.2, -0.15) is 0 Å². The van der Waals surface area contributed by atoms with Crippen molar-refractivity contribution in [2.24, 2.45) is 5.92 Å². The smallest absolute Gasteiger partial charge is 0.426 e. The Kier molecular flexibility index (Phi) is 9.89. The number of ether oxygens (including phenoxy) is 1. The van der Waals surface area contributed by atoms with Gasteiger partial charge in [-0.25, -0.2) is 4.98 Å². The molecular formula is C20H25BClN3O5. The van der Waals surface area contributed by atoms with E-state index in [4.69, 9.17) is 16.3 Å². The van der Waals surface area contributed by atoms with Crippen molar-refractivity contribution < 1.29 is 24.4 Å². The predicted molar refractivity (Wildman–Crippen MR) is 113 cm³/mol. The number of nitrogens with zero attached hydrogens (tertiary/aromatic N) is 2. The van der Waals surface area contributed by atoms with Crippen LogP contribution in [0.1, 0.15) is 35.3 Å². The van der Waals surface area contributed by atoms with Crippen LogP contribution in [0.4, 0.5) is 0 Å². The molecule has 0 unspecified atom stereocenters.